The zero-order valence-corrected chi connectivity index (χ0v) is 16.3. The number of fused-ring (bicyclic) bond motifs is 1. The summed E-state index contributed by atoms with van der Waals surface area (Å²) in [7, 11) is 0. The van der Waals surface area contributed by atoms with Gasteiger partial charge in [-0.3, -0.25) is 4.79 Å². The highest BCUT2D eigenvalue weighted by atomic mass is 32.1. The van der Waals surface area contributed by atoms with Gasteiger partial charge in [0.1, 0.15) is 15.4 Å². The highest BCUT2D eigenvalue weighted by molar-refractivity contribution is 7.21. The van der Waals surface area contributed by atoms with Crippen LogP contribution in [0.2, 0.25) is 0 Å². The molecule has 2 aromatic rings. The number of carbonyl (C=O) groups is 1. The highest BCUT2D eigenvalue weighted by Crippen LogP contribution is 2.38. The van der Waals surface area contributed by atoms with Crippen molar-refractivity contribution in [2.75, 3.05) is 32.0 Å². The zero-order valence-electron chi connectivity index (χ0n) is 15.5. The van der Waals surface area contributed by atoms with Crippen molar-refractivity contribution in [3.05, 3.63) is 16.1 Å². The maximum atomic E-state index is 14.9. The number of thiophene rings is 1. The Hall–Kier alpha value is -1.84. The van der Waals surface area contributed by atoms with Gasteiger partial charge in [-0.05, 0) is 32.3 Å². The van der Waals surface area contributed by atoms with Gasteiger partial charge in [0, 0.05) is 11.8 Å². The molecule has 0 spiro atoms. The number of ether oxygens (including phenoxy) is 2. The van der Waals surface area contributed by atoms with E-state index in [4.69, 9.17) is 15.2 Å². The largest absolute Gasteiger partial charge is 0.397 e. The van der Waals surface area contributed by atoms with Crippen molar-refractivity contribution in [3.8, 4) is 0 Å². The molecule has 27 heavy (non-hydrogen) atoms. The fourth-order valence-corrected chi connectivity index (χ4v) is 4.63. The number of likely N-dealkylation sites (tertiary alicyclic amines) is 1. The summed E-state index contributed by atoms with van der Waals surface area (Å²) in [6.07, 6.45) is 1.35. The molecule has 146 valence electrons. The molecule has 7 nitrogen and oxygen atoms in total. The van der Waals surface area contributed by atoms with Crippen molar-refractivity contribution >= 4 is 33.1 Å². The van der Waals surface area contributed by atoms with Crippen molar-refractivity contribution in [2.24, 2.45) is 0 Å². The van der Waals surface area contributed by atoms with Crippen molar-refractivity contribution in [2.45, 2.75) is 45.1 Å². The minimum absolute atomic E-state index is 0.0654. The van der Waals surface area contributed by atoms with Gasteiger partial charge in [0.2, 0.25) is 0 Å². The van der Waals surface area contributed by atoms with E-state index in [1.807, 2.05) is 13.8 Å². The molecule has 2 saturated heterocycles. The number of anilines is 1. The third-order valence-corrected chi connectivity index (χ3v) is 6.37. The number of nitrogens with zero attached hydrogens (tertiary/aromatic N) is 3. The van der Waals surface area contributed by atoms with Gasteiger partial charge < -0.3 is 20.1 Å². The van der Waals surface area contributed by atoms with E-state index in [2.05, 4.69) is 10.2 Å². The Morgan fingerprint density at radius 2 is 2.04 bits per heavy atom. The number of aromatic nitrogens is 2. The SMILES string of the molecule is Cc1nnc2sc(C(=O)N3CC(F)(CCC4OCCCO4)C3)c(N)c2c1C. The Labute approximate surface area is 160 Å². The van der Waals surface area contributed by atoms with Gasteiger partial charge in [-0.1, -0.05) is 0 Å². The first-order valence-corrected chi connectivity index (χ1v) is 9.93. The van der Waals surface area contributed by atoms with Crippen LogP contribution in [0.4, 0.5) is 10.1 Å². The molecule has 2 aromatic heterocycles. The zero-order chi connectivity index (χ0) is 19.2. The normalized spacial score (nSPS) is 20.0. The Balaban J connectivity index is 1.42. The topological polar surface area (TPSA) is 90.6 Å². The van der Waals surface area contributed by atoms with Crippen LogP contribution < -0.4 is 5.73 Å². The molecule has 0 radical (unpaired) electrons. The number of halogens is 1. The number of aryl methyl sites for hydroxylation is 2. The molecule has 2 fully saturated rings. The Morgan fingerprint density at radius 1 is 1.33 bits per heavy atom. The number of alkyl halides is 1. The quantitative estimate of drug-likeness (QED) is 0.857. The molecular weight excluding hydrogens is 371 g/mol. The Bertz CT molecular complexity index is 875. The third kappa shape index (κ3) is 3.39. The van der Waals surface area contributed by atoms with Crippen LogP contribution in [0.3, 0.4) is 0 Å². The van der Waals surface area contributed by atoms with Crippen molar-refractivity contribution < 1.29 is 18.7 Å². The van der Waals surface area contributed by atoms with Crippen molar-refractivity contribution in [3.63, 3.8) is 0 Å². The lowest BCUT2D eigenvalue weighted by Crippen LogP contribution is -2.61. The molecule has 4 heterocycles. The summed E-state index contributed by atoms with van der Waals surface area (Å²) in [6, 6.07) is 0. The summed E-state index contributed by atoms with van der Waals surface area (Å²) >= 11 is 1.22. The molecule has 4 rings (SSSR count). The van der Waals surface area contributed by atoms with Gasteiger partial charge in [-0.25, -0.2) is 4.39 Å². The van der Waals surface area contributed by atoms with Crippen LogP contribution in [0.15, 0.2) is 0 Å². The molecule has 0 saturated carbocycles. The number of carbonyl (C=O) groups excluding carboxylic acids is 1. The maximum absolute atomic E-state index is 14.9. The van der Waals surface area contributed by atoms with Crippen LogP contribution in [0.5, 0.6) is 0 Å². The number of hydrogen-bond acceptors (Lipinski definition) is 7. The number of nitrogen functional groups attached to an aromatic ring is 1. The monoisotopic (exact) mass is 394 g/mol. The van der Waals surface area contributed by atoms with Gasteiger partial charge in [0.05, 0.1) is 37.7 Å². The summed E-state index contributed by atoms with van der Waals surface area (Å²) in [5, 5.41) is 8.99. The molecule has 0 atom stereocenters. The summed E-state index contributed by atoms with van der Waals surface area (Å²) in [5.41, 5.74) is 6.94. The lowest BCUT2D eigenvalue weighted by Gasteiger charge is -2.44. The van der Waals surface area contributed by atoms with Gasteiger partial charge in [-0.15, -0.1) is 16.4 Å². The van der Waals surface area contributed by atoms with Crippen LogP contribution in [-0.2, 0) is 9.47 Å². The molecule has 0 aromatic carbocycles. The number of amides is 1. The van der Waals surface area contributed by atoms with Crippen LogP contribution in [-0.4, -0.2) is 59.3 Å². The van der Waals surface area contributed by atoms with E-state index < -0.39 is 5.67 Å². The summed E-state index contributed by atoms with van der Waals surface area (Å²) in [4.78, 5) is 15.3. The molecule has 2 aliphatic rings. The smallest absolute Gasteiger partial charge is 0.266 e. The van der Waals surface area contributed by atoms with E-state index in [-0.39, 0.29) is 25.3 Å². The molecule has 0 aliphatic carbocycles. The number of nitrogens with two attached hydrogens (primary N) is 1. The standard InChI is InChI=1S/C18H23FN4O3S/c1-10-11(2)21-22-16-13(10)14(20)15(27-16)17(24)23-8-18(19,9-23)5-4-12-25-6-3-7-26-12/h12H,3-9,20H2,1-2H3. The van der Waals surface area contributed by atoms with Gasteiger partial charge in [0.25, 0.3) is 5.91 Å². The van der Waals surface area contributed by atoms with Crippen LogP contribution in [0, 0.1) is 13.8 Å². The van der Waals surface area contributed by atoms with Crippen LogP contribution in [0.25, 0.3) is 10.2 Å². The van der Waals surface area contributed by atoms with Gasteiger partial charge in [-0.2, -0.15) is 5.10 Å². The van der Waals surface area contributed by atoms with Crippen LogP contribution in [0.1, 0.15) is 40.2 Å². The second kappa shape index (κ2) is 6.96. The maximum Gasteiger partial charge on any atom is 0.266 e. The Kier molecular flexibility index (Phi) is 4.77. The fourth-order valence-electron chi connectivity index (χ4n) is 3.56. The second-order valence-corrected chi connectivity index (χ2v) is 8.31. The molecule has 9 heteroatoms. The van der Waals surface area contributed by atoms with E-state index in [0.29, 0.717) is 41.5 Å². The molecule has 2 N–H and O–H groups in total. The average molecular weight is 394 g/mol. The molecule has 0 unspecified atom stereocenters. The Morgan fingerprint density at radius 3 is 2.74 bits per heavy atom. The summed E-state index contributed by atoms with van der Waals surface area (Å²) < 4.78 is 25.8. The lowest BCUT2D eigenvalue weighted by molar-refractivity contribution is -0.187. The van der Waals surface area contributed by atoms with E-state index in [0.717, 1.165) is 23.1 Å². The van der Waals surface area contributed by atoms with E-state index >= 15 is 0 Å². The molecular formula is C18H23FN4O3S. The first-order valence-electron chi connectivity index (χ1n) is 9.11. The van der Waals surface area contributed by atoms with Crippen LogP contribution >= 0.6 is 11.3 Å². The van der Waals surface area contributed by atoms with E-state index in [1.165, 1.54) is 16.2 Å². The van der Waals surface area contributed by atoms with E-state index in [9.17, 15) is 9.18 Å². The first-order chi connectivity index (χ1) is 12.9. The lowest BCUT2D eigenvalue weighted by atomic mass is 9.90. The van der Waals surface area contributed by atoms with Crippen molar-refractivity contribution in [1.29, 1.82) is 0 Å². The predicted molar refractivity (Wildman–Crippen MR) is 101 cm³/mol. The third-order valence-electron chi connectivity index (χ3n) is 5.29. The van der Waals surface area contributed by atoms with Gasteiger partial charge in [0.15, 0.2) is 6.29 Å². The fraction of sp³-hybridized carbons (Fsp3) is 0.611. The minimum Gasteiger partial charge on any atom is -0.397 e. The molecule has 1 amide bonds. The van der Waals surface area contributed by atoms with Gasteiger partial charge >= 0.3 is 0 Å². The highest BCUT2D eigenvalue weighted by Gasteiger charge is 2.46. The first kappa shape index (κ1) is 18.5. The number of rotatable bonds is 4. The number of hydrogen-bond donors (Lipinski definition) is 1. The predicted octanol–water partition coefficient (Wildman–Crippen LogP) is 2.60. The minimum atomic E-state index is -1.39. The summed E-state index contributed by atoms with van der Waals surface area (Å²) in [6.45, 7) is 5.21. The average Bonchev–Trinajstić information content (AvgIpc) is 2.98. The second-order valence-electron chi connectivity index (χ2n) is 7.31. The van der Waals surface area contributed by atoms with E-state index in [1.54, 1.807) is 0 Å². The van der Waals surface area contributed by atoms with Crippen molar-refractivity contribution in [1.82, 2.24) is 15.1 Å². The molecule has 0 bridgehead atoms. The summed E-state index contributed by atoms with van der Waals surface area (Å²) in [5.74, 6) is -0.244. The molecule has 2 aliphatic heterocycles.